The van der Waals surface area contributed by atoms with E-state index in [-0.39, 0.29) is 5.60 Å². The number of ether oxygens (including phenoxy) is 3. The maximum absolute atomic E-state index is 6.04. The molecule has 3 rings (SSSR count). The Balaban J connectivity index is 1.53. The van der Waals surface area contributed by atoms with Crippen LogP contribution in [0.15, 0.2) is 30.3 Å². The molecule has 2 aliphatic heterocycles. The molecule has 2 heterocycles. The molecule has 23 heavy (non-hydrogen) atoms. The average Bonchev–Trinajstić information content (AvgIpc) is 2.81. The Kier molecular flexibility index (Phi) is 5.67. The normalized spacial score (nSPS) is 26.5. The van der Waals surface area contributed by atoms with E-state index >= 15 is 0 Å². The lowest BCUT2D eigenvalue weighted by Crippen LogP contribution is -2.58. The van der Waals surface area contributed by atoms with Crippen molar-refractivity contribution >= 4 is 6.08 Å². The molecule has 1 spiro atoms. The Hall–Kier alpha value is -1.40. The van der Waals surface area contributed by atoms with Crippen molar-refractivity contribution in [3.63, 3.8) is 0 Å². The van der Waals surface area contributed by atoms with E-state index in [0.29, 0.717) is 6.61 Å². The third-order valence-electron chi connectivity index (χ3n) is 4.35. The molecule has 5 nitrogen and oxygen atoms in total. The molecule has 0 radical (unpaired) electrons. The summed E-state index contributed by atoms with van der Waals surface area (Å²) < 4.78 is 16.9. The molecule has 5 heteroatoms. The lowest BCUT2D eigenvalue weighted by molar-refractivity contribution is -0.131. The molecule has 1 unspecified atom stereocenters. The minimum Gasteiger partial charge on any atom is -0.497 e. The number of hydrogen-bond donors (Lipinski definition) is 1. The van der Waals surface area contributed by atoms with Gasteiger partial charge in [-0.15, -0.1) is 0 Å². The summed E-state index contributed by atoms with van der Waals surface area (Å²) in [5.41, 5.74) is 0.996. The molecule has 0 aliphatic carbocycles. The molecule has 126 valence electrons. The van der Waals surface area contributed by atoms with Crippen LogP contribution in [0.5, 0.6) is 5.75 Å². The first-order chi connectivity index (χ1) is 11.3. The van der Waals surface area contributed by atoms with Crippen LogP contribution in [0.2, 0.25) is 0 Å². The second-order valence-corrected chi connectivity index (χ2v) is 6.17. The summed E-state index contributed by atoms with van der Waals surface area (Å²) in [6.45, 7) is 6.79. The molecule has 1 aromatic carbocycles. The summed E-state index contributed by atoms with van der Waals surface area (Å²) in [6.07, 6.45) is 4.37. The minimum absolute atomic E-state index is 0.192. The minimum atomic E-state index is -0.192. The highest BCUT2D eigenvalue weighted by Gasteiger charge is 2.37. The number of nitrogens with one attached hydrogen (secondary N) is 1. The molecular weight excluding hydrogens is 292 g/mol. The summed E-state index contributed by atoms with van der Waals surface area (Å²) in [7, 11) is 1.69. The van der Waals surface area contributed by atoms with Gasteiger partial charge in [-0.25, -0.2) is 0 Å². The van der Waals surface area contributed by atoms with Crippen molar-refractivity contribution in [2.45, 2.75) is 5.60 Å². The van der Waals surface area contributed by atoms with Gasteiger partial charge in [0.1, 0.15) is 11.4 Å². The number of hydrogen-bond acceptors (Lipinski definition) is 5. The van der Waals surface area contributed by atoms with Crippen molar-refractivity contribution < 1.29 is 14.2 Å². The second kappa shape index (κ2) is 7.93. The van der Waals surface area contributed by atoms with Gasteiger partial charge in [0, 0.05) is 32.7 Å². The van der Waals surface area contributed by atoms with Crippen LogP contribution in [-0.2, 0) is 9.47 Å². The summed E-state index contributed by atoms with van der Waals surface area (Å²) in [5, 5.41) is 3.41. The van der Waals surface area contributed by atoms with Gasteiger partial charge in [-0.1, -0.05) is 24.3 Å². The average molecular weight is 318 g/mol. The molecule has 2 saturated heterocycles. The monoisotopic (exact) mass is 318 g/mol. The largest absolute Gasteiger partial charge is 0.497 e. The van der Waals surface area contributed by atoms with Crippen LogP contribution in [0, 0.1) is 0 Å². The van der Waals surface area contributed by atoms with E-state index in [9.17, 15) is 0 Å². The molecule has 0 amide bonds. The molecule has 0 aromatic heterocycles. The lowest BCUT2D eigenvalue weighted by Gasteiger charge is -2.41. The zero-order valence-corrected chi connectivity index (χ0v) is 13.8. The van der Waals surface area contributed by atoms with Crippen molar-refractivity contribution in [1.82, 2.24) is 10.2 Å². The molecule has 0 saturated carbocycles. The van der Waals surface area contributed by atoms with Crippen molar-refractivity contribution in [2.24, 2.45) is 0 Å². The van der Waals surface area contributed by atoms with Gasteiger partial charge in [0.25, 0.3) is 0 Å². The summed E-state index contributed by atoms with van der Waals surface area (Å²) in [5.74, 6) is 0.887. The first-order valence-corrected chi connectivity index (χ1v) is 8.25. The molecule has 1 aromatic rings. The van der Waals surface area contributed by atoms with Crippen LogP contribution in [0.4, 0.5) is 0 Å². The van der Waals surface area contributed by atoms with Gasteiger partial charge in [0.05, 0.1) is 26.9 Å². The van der Waals surface area contributed by atoms with Gasteiger partial charge in [-0.3, -0.25) is 4.90 Å². The zero-order chi connectivity index (χ0) is 16.0. The molecule has 2 aliphatic rings. The Labute approximate surface area is 138 Å². The standard InChI is InChI=1S/C18H26N2O3/c1-21-17-6-4-16(5-7-17)3-2-9-20-10-12-23-18(14-20)13-19-8-11-22-15-18/h2-7,19H,8-15H2,1H3/b3-2+. The highest BCUT2D eigenvalue weighted by molar-refractivity contribution is 5.50. The van der Waals surface area contributed by atoms with Gasteiger partial charge in [-0.2, -0.15) is 0 Å². The number of rotatable bonds is 4. The van der Waals surface area contributed by atoms with Crippen LogP contribution in [0.3, 0.4) is 0 Å². The van der Waals surface area contributed by atoms with Gasteiger partial charge < -0.3 is 19.5 Å². The lowest BCUT2D eigenvalue weighted by atomic mass is 10.0. The Morgan fingerprint density at radius 3 is 3.00 bits per heavy atom. The van der Waals surface area contributed by atoms with Crippen LogP contribution >= 0.6 is 0 Å². The van der Waals surface area contributed by atoms with Crippen LogP contribution < -0.4 is 10.1 Å². The first-order valence-electron chi connectivity index (χ1n) is 8.25. The van der Waals surface area contributed by atoms with Gasteiger partial charge in [0.15, 0.2) is 0 Å². The number of benzene rings is 1. The number of methoxy groups -OCH3 is 1. The number of morpholine rings is 1. The van der Waals surface area contributed by atoms with E-state index in [2.05, 4.69) is 34.5 Å². The summed E-state index contributed by atoms with van der Waals surface area (Å²) >= 11 is 0. The van der Waals surface area contributed by atoms with Crippen molar-refractivity contribution in [2.75, 3.05) is 59.7 Å². The quantitative estimate of drug-likeness (QED) is 0.909. The Morgan fingerprint density at radius 2 is 2.17 bits per heavy atom. The molecule has 1 N–H and O–H groups in total. The third-order valence-corrected chi connectivity index (χ3v) is 4.35. The van der Waals surface area contributed by atoms with E-state index < -0.39 is 0 Å². The first kappa shape index (κ1) is 16.5. The van der Waals surface area contributed by atoms with Crippen LogP contribution in [0.25, 0.3) is 6.08 Å². The molecular formula is C18H26N2O3. The predicted octanol–water partition coefficient (Wildman–Crippen LogP) is 1.40. The second-order valence-electron chi connectivity index (χ2n) is 6.17. The SMILES string of the molecule is COc1ccc(/C=C/CN2CCOC3(CNCCOC3)C2)cc1. The van der Waals surface area contributed by atoms with E-state index in [4.69, 9.17) is 14.2 Å². The van der Waals surface area contributed by atoms with Crippen molar-refractivity contribution in [3.8, 4) is 5.75 Å². The summed E-state index contributed by atoms with van der Waals surface area (Å²) in [6, 6.07) is 8.11. The van der Waals surface area contributed by atoms with Crippen LogP contribution in [-0.4, -0.2) is 70.2 Å². The van der Waals surface area contributed by atoms with E-state index in [1.807, 2.05) is 12.1 Å². The van der Waals surface area contributed by atoms with Gasteiger partial charge >= 0.3 is 0 Å². The summed E-state index contributed by atoms with van der Waals surface area (Å²) in [4.78, 5) is 2.43. The smallest absolute Gasteiger partial charge is 0.118 e. The Bertz CT molecular complexity index is 508. The fourth-order valence-corrected chi connectivity index (χ4v) is 3.10. The highest BCUT2D eigenvalue weighted by Crippen LogP contribution is 2.20. The Morgan fingerprint density at radius 1 is 1.30 bits per heavy atom. The molecule has 0 bridgehead atoms. The fourth-order valence-electron chi connectivity index (χ4n) is 3.10. The van der Waals surface area contributed by atoms with Crippen molar-refractivity contribution in [1.29, 1.82) is 0 Å². The van der Waals surface area contributed by atoms with Gasteiger partial charge in [-0.05, 0) is 17.7 Å². The zero-order valence-electron chi connectivity index (χ0n) is 13.8. The molecule has 1 atom stereocenters. The van der Waals surface area contributed by atoms with E-state index in [1.165, 1.54) is 5.56 Å². The van der Waals surface area contributed by atoms with E-state index in [0.717, 1.165) is 51.7 Å². The topological polar surface area (TPSA) is 43.0 Å². The molecule has 2 fully saturated rings. The van der Waals surface area contributed by atoms with Gasteiger partial charge in [0.2, 0.25) is 0 Å². The van der Waals surface area contributed by atoms with Crippen molar-refractivity contribution in [3.05, 3.63) is 35.9 Å². The fraction of sp³-hybridized carbons (Fsp3) is 0.556. The van der Waals surface area contributed by atoms with E-state index in [1.54, 1.807) is 7.11 Å². The maximum Gasteiger partial charge on any atom is 0.118 e. The highest BCUT2D eigenvalue weighted by atomic mass is 16.5. The predicted molar refractivity (Wildman–Crippen MR) is 90.8 cm³/mol. The number of nitrogens with zero attached hydrogens (tertiary/aromatic N) is 1. The maximum atomic E-state index is 6.04. The van der Waals surface area contributed by atoms with Crippen LogP contribution in [0.1, 0.15) is 5.56 Å². The third kappa shape index (κ3) is 4.54.